The molecule has 0 N–H and O–H groups in total. The molecule has 0 aromatic heterocycles. The minimum atomic E-state index is -1.08. The molecular formula is C30H22O4. The molecule has 0 heterocycles. The Labute approximate surface area is 198 Å². The summed E-state index contributed by atoms with van der Waals surface area (Å²) in [7, 11) is 0. The Morgan fingerprint density at radius 3 is 1.03 bits per heavy atom. The molecule has 4 aromatic rings. The molecule has 34 heavy (non-hydrogen) atoms. The monoisotopic (exact) mass is 446 g/mol. The lowest BCUT2D eigenvalue weighted by Gasteiger charge is -2.06. The van der Waals surface area contributed by atoms with Crippen molar-refractivity contribution in [2.75, 3.05) is 0 Å². The zero-order valence-corrected chi connectivity index (χ0v) is 18.3. The number of benzene rings is 4. The van der Waals surface area contributed by atoms with Gasteiger partial charge in [0.15, 0.2) is 0 Å². The molecule has 0 unspecified atom stereocenters. The van der Waals surface area contributed by atoms with E-state index in [1.807, 2.05) is 85.0 Å². The van der Waals surface area contributed by atoms with Gasteiger partial charge in [-0.3, -0.25) is 0 Å². The number of carbonyl (C=O) groups excluding carboxylic acids is 2. The molecule has 0 saturated heterocycles. The van der Waals surface area contributed by atoms with E-state index in [9.17, 15) is 9.59 Å². The van der Waals surface area contributed by atoms with Crippen molar-refractivity contribution in [2.24, 2.45) is 0 Å². The van der Waals surface area contributed by atoms with Gasteiger partial charge in [-0.25, -0.2) is 9.59 Å². The van der Waals surface area contributed by atoms with E-state index in [1.165, 1.54) is 0 Å². The number of hydrogen-bond donors (Lipinski definition) is 0. The normalized spacial score (nSPS) is 10.9. The van der Waals surface area contributed by atoms with Gasteiger partial charge in [0.05, 0.1) is 0 Å². The molecule has 4 heteroatoms. The molecule has 0 aliphatic heterocycles. The lowest BCUT2D eigenvalue weighted by molar-refractivity contribution is -0.156. The molecular weight excluding hydrogens is 424 g/mol. The molecule has 0 spiro atoms. The van der Waals surface area contributed by atoms with E-state index in [2.05, 4.69) is 0 Å². The lowest BCUT2D eigenvalue weighted by atomic mass is 10.1. The van der Waals surface area contributed by atoms with Crippen LogP contribution in [0.3, 0.4) is 0 Å². The van der Waals surface area contributed by atoms with E-state index in [0.717, 1.165) is 22.3 Å². The molecule has 0 aliphatic rings. The smallest absolute Gasteiger partial charge is 0.418 e. The van der Waals surface area contributed by atoms with Gasteiger partial charge in [-0.2, -0.15) is 0 Å². The third-order valence-electron chi connectivity index (χ3n) is 4.88. The van der Waals surface area contributed by atoms with Crippen molar-refractivity contribution in [1.29, 1.82) is 0 Å². The van der Waals surface area contributed by atoms with Crippen LogP contribution in [0.2, 0.25) is 0 Å². The lowest BCUT2D eigenvalue weighted by Crippen LogP contribution is -2.25. The average molecular weight is 447 g/mol. The Bertz CT molecular complexity index is 1180. The van der Waals surface area contributed by atoms with E-state index < -0.39 is 11.9 Å². The molecule has 0 fully saturated rings. The molecule has 4 rings (SSSR count). The van der Waals surface area contributed by atoms with Gasteiger partial charge in [0.1, 0.15) is 11.5 Å². The maximum Gasteiger partial charge on any atom is 0.423 e. The van der Waals surface area contributed by atoms with Crippen LogP contribution in [0, 0.1) is 0 Å². The first-order chi connectivity index (χ1) is 16.7. The van der Waals surface area contributed by atoms with E-state index in [0.29, 0.717) is 0 Å². The highest BCUT2D eigenvalue weighted by molar-refractivity contribution is 6.31. The summed E-state index contributed by atoms with van der Waals surface area (Å²) in [5.41, 5.74) is 4.04. The van der Waals surface area contributed by atoms with Gasteiger partial charge in [-0.1, -0.05) is 109 Å². The number of hydrogen-bond acceptors (Lipinski definition) is 4. The minimum absolute atomic E-state index is 0.264. The van der Waals surface area contributed by atoms with Crippen molar-refractivity contribution < 1.29 is 19.1 Å². The average Bonchev–Trinajstić information content (AvgIpc) is 2.89. The van der Waals surface area contributed by atoms with Crippen LogP contribution in [0.4, 0.5) is 0 Å². The summed E-state index contributed by atoms with van der Waals surface area (Å²) in [4.78, 5) is 24.2. The third kappa shape index (κ3) is 6.65. The molecule has 0 radical (unpaired) electrons. The summed E-state index contributed by atoms with van der Waals surface area (Å²) >= 11 is 0. The second-order valence-corrected chi connectivity index (χ2v) is 7.41. The van der Waals surface area contributed by atoms with Crippen LogP contribution >= 0.6 is 0 Å². The summed E-state index contributed by atoms with van der Waals surface area (Å²) in [5.74, 6) is -1.64. The zero-order chi connectivity index (χ0) is 23.6. The standard InChI is InChI=1S/C30H22O4/c31-29(33-27-19-15-25(16-20-27)13-11-23-7-3-1-4-8-23)30(32)34-28-21-17-26(18-22-28)14-12-24-9-5-2-6-10-24/h1-22H/b13-11+,14-12+. The summed E-state index contributed by atoms with van der Waals surface area (Å²) < 4.78 is 10.3. The van der Waals surface area contributed by atoms with E-state index in [4.69, 9.17) is 9.47 Å². The summed E-state index contributed by atoms with van der Waals surface area (Å²) in [6, 6.07) is 33.6. The Morgan fingerprint density at radius 2 is 0.706 bits per heavy atom. The van der Waals surface area contributed by atoms with Crippen LogP contribution in [-0.4, -0.2) is 11.9 Å². The number of carbonyl (C=O) groups is 2. The molecule has 4 nitrogen and oxygen atoms in total. The van der Waals surface area contributed by atoms with Crippen LogP contribution in [0.15, 0.2) is 109 Å². The van der Waals surface area contributed by atoms with Gasteiger partial charge in [0, 0.05) is 0 Å². The molecule has 0 atom stereocenters. The van der Waals surface area contributed by atoms with Crippen molar-refractivity contribution in [3.05, 3.63) is 131 Å². The molecule has 0 bridgehead atoms. The van der Waals surface area contributed by atoms with Crippen molar-refractivity contribution in [1.82, 2.24) is 0 Å². The first-order valence-electron chi connectivity index (χ1n) is 10.8. The van der Waals surface area contributed by atoms with Crippen LogP contribution in [0.1, 0.15) is 22.3 Å². The largest absolute Gasteiger partial charge is 0.423 e. The first kappa shape index (κ1) is 22.5. The van der Waals surface area contributed by atoms with Gasteiger partial charge in [-0.05, 0) is 46.5 Å². The predicted molar refractivity (Wildman–Crippen MR) is 135 cm³/mol. The highest BCUT2D eigenvalue weighted by atomic mass is 16.6. The zero-order valence-electron chi connectivity index (χ0n) is 18.3. The predicted octanol–water partition coefficient (Wildman–Crippen LogP) is 6.54. The van der Waals surface area contributed by atoms with E-state index in [-0.39, 0.29) is 11.5 Å². The minimum Gasteiger partial charge on any atom is -0.418 e. The van der Waals surface area contributed by atoms with E-state index >= 15 is 0 Å². The van der Waals surface area contributed by atoms with Crippen molar-refractivity contribution in [2.45, 2.75) is 0 Å². The fraction of sp³-hybridized carbons (Fsp3) is 0. The fourth-order valence-electron chi connectivity index (χ4n) is 3.10. The third-order valence-corrected chi connectivity index (χ3v) is 4.88. The Hall–Kier alpha value is -4.70. The van der Waals surface area contributed by atoms with Gasteiger partial charge in [-0.15, -0.1) is 0 Å². The van der Waals surface area contributed by atoms with Crippen LogP contribution < -0.4 is 9.47 Å². The number of rotatable bonds is 6. The van der Waals surface area contributed by atoms with Crippen molar-refractivity contribution in [3.8, 4) is 11.5 Å². The second-order valence-electron chi connectivity index (χ2n) is 7.41. The van der Waals surface area contributed by atoms with Crippen LogP contribution in [-0.2, 0) is 9.59 Å². The van der Waals surface area contributed by atoms with E-state index in [1.54, 1.807) is 48.5 Å². The van der Waals surface area contributed by atoms with Gasteiger partial charge < -0.3 is 9.47 Å². The number of ether oxygens (including phenoxy) is 2. The summed E-state index contributed by atoms with van der Waals surface area (Å²) in [6.07, 6.45) is 7.88. The molecule has 0 amide bonds. The molecule has 0 saturated carbocycles. The van der Waals surface area contributed by atoms with Crippen molar-refractivity contribution in [3.63, 3.8) is 0 Å². The quantitative estimate of drug-likeness (QED) is 0.146. The molecule has 166 valence electrons. The Morgan fingerprint density at radius 1 is 0.412 bits per heavy atom. The molecule has 4 aromatic carbocycles. The highest BCUT2D eigenvalue weighted by Crippen LogP contribution is 2.17. The molecule has 0 aliphatic carbocycles. The first-order valence-corrected chi connectivity index (χ1v) is 10.8. The SMILES string of the molecule is O=C(Oc1ccc(/C=C/c2ccccc2)cc1)C(=O)Oc1ccc(/C=C/c2ccccc2)cc1. The van der Waals surface area contributed by atoms with Crippen LogP contribution in [0.25, 0.3) is 24.3 Å². The Kier molecular flexibility index (Phi) is 7.44. The van der Waals surface area contributed by atoms with Crippen LogP contribution in [0.5, 0.6) is 11.5 Å². The fourth-order valence-corrected chi connectivity index (χ4v) is 3.10. The number of esters is 2. The van der Waals surface area contributed by atoms with Gasteiger partial charge in [0.25, 0.3) is 0 Å². The maximum atomic E-state index is 12.1. The van der Waals surface area contributed by atoms with Gasteiger partial charge in [0.2, 0.25) is 0 Å². The highest BCUT2D eigenvalue weighted by Gasteiger charge is 2.19. The maximum absolute atomic E-state index is 12.1. The summed E-state index contributed by atoms with van der Waals surface area (Å²) in [6.45, 7) is 0. The second kappa shape index (κ2) is 11.2. The summed E-state index contributed by atoms with van der Waals surface area (Å²) in [5, 5.41) is 0. The van der Waals surface area contributed by atoms with Crippen molar-refractivity contribution >= 4 is 36.2 Å². The Balaban J connectivity index is 1.29. The van der Waals surface area contributed by atoms with Gasteiger partial charge >= 0.3 is 11.9 Å². The topological polar surface area (TPSA) is 52.6 Å².